The van der Waals surface area contributed by atoms with Gasteiger partial charge >= 0.3 is 7.25 Å². The van der Waals surface area contributed by atoms with E-state index in [1.54, 1.807) is 0 Å². The van der Waals surface area contributed by atoms with Gasteiger partial charge in [0.15, 0.2) is 0 Å². The van der Waals surface area contributed by atoms with Gasteiger partial charge in [-0.25, -0.2) is 0 Å². The number of hydrogen-bond acceptors (Lipinski definition) is 1. The summed E-state index contributed by atoms with van der Waals surface area (Å²) < 4.78 is 44.6. The highest BCUT2D eigenvalue weighted by Crippen LogP contribution is 2.37. The van der Waals surface area contributed by atoms with E-state index in [-0.39, 0.29) is 0 Å². The van der Waals surface area contributed by atoms with Crippen molar-refractivity contribution in [3.63, 3.8) is 0 Å². The second-order valence-corrected chi connectivity index (χ2v) is 7.84. The predicted octanol–water partition coefficient (Wildman–Crippen LogP) is 8.73. The Morgan fingerprint density at radius 3 is 1.47 bits per heavy atom. The lowest BCUT2D eigenvalue weighted by Crippen LogP contribution is -2.02. The van der Waals surface area contributed by atoms with Gasteiger partial charge in [-0.3, -0.25) is 0 Å². The maximum Gasteiger partial charge on any atom is 0.673 e. The Hall–Kier alpha value is -3.19. The molecule has 0 saturated carbocycles. The molecule has 0 aliphatic heterocycles. The smallest absolute Gasteiger partial charge is 0.494 e. The molecular formula is C25H21BF4OS. The van der Waals surface area contributed by atoms with Gasteiger partial charge in [0.05, 0.1) is 6.61 Å². The first-order valence-electron chi connectivity index (χ1n) is 10.0. The third-order valence-electron chi connectivity index (χ3n) is 4.41. The van der Waals surface area contributed by atoms with E-state index in [0.717, 1.165) is 5.75 Å². The van der Waals surface area contributed by atoms with E-state index in [4.69, 9.17) is 4.74 Å². The topological polar surface area (TPSA) is 9.23 Å². The van der Waals surface area contributed by atoms with Crippen molar-refractivity contribution in [2.75, 3.05) is 6.61 Å². The zero-order chi connectivity index (χ0) is 23.0. The minimum absolute atomic E-state index is 0.683. The molecule has 0 aliphatic rings. The van der Waals surface area contributed by atoms with Crippen LogP contribution in [0.4, 0.5) is 17.3 Å². The van der Waals surface area contributed by atoms with Crippen LogP contribution in [-0.2, 0) is 0 Å². The predicted molar refractivity (Wildman–Crippen MR) is 126 cm³/mol. The summed E-state index contributed by atoms with van der Waals surface area (Å²) in [5.41, 5.74) is 4.90. The van der Waals surface area contributed by atoms with Crippen molar-refractivity contribution in [2.45, 2.75) is 6.92 Å². The van der Waals surface area contributed by atoms with Crippen LogP contribution in [-0.4, -0.2) is 13.9 Å². The van der Waals surface area contributed by atoms with Crippen molar-refractivity contribution in [3.8, 4) is 37.8 Å². The van der Waals surface area contributed by atoms with Crippen LogP contribution in [0.2, 0.25) is 0 Å². The molecule has 164 valence electrons. The molecule has 1 aromatic heterocycles. The second-order valence-electron chi connectivity index (χ2n) is 6.76. The van der Waals surface area contributed by atoms with E-state index in [9.17, 15) is 17.3 Å². The Bertz CT molecular complexity index is 1050. The maximum absolute atomic E-state index is 9.75. The van der Waals surface area contributed by atoms with Crippen molar-refractivity contribution >= 4 is 18.6 Å². The van der Waals surface area contributed by atoms with Crippen molar-refractivity contribution < 1.29 is 22.0 Å². The molecular weight excluding hydrogens is 435 g/mol. The third-order valence-corrected chi connectivity index (χ3v) is 5.56. The Morgan fingerprint density at radius 1 is 0.625 bits per heavy atom. The SMILES string of the molecule is CCOc1ccc(-c2cc(-c3ccccc3)[s+]c(-c3ccccc3)c2)cc1.F[B-](F)(F)F. The van der Waals surface area contributed by atoms with Gasteiger partial charge < -0.3 is 22.0 Å². The van der Waals surface area contributed by atoms with Crippen LogP contribution in [0.25, 0.3) is 32.0 Å². The first kappa shape index (κ1) is 23.5. The summed E-state index contributed by atoms with van der Waals surface area (Å²) in [5, 5.41) is 0. The molecule has 1 heterocycles. The van der Waals surface area contributed by atoms with Crippen LogP contribution in [0.3, 0.4) is 0 Å². The molecule has 0 unspecified atom stereocenters. The highest BCUT2D eigenvalue weighted by molar-refractivity contribution is 7.18. The van der Waals surface area contributed by atoms with E-state index in [1.165, 1.54) is 32.0 Å². The molecule has 0 saturated heterocycles. The molecule has 0 fully saturated rings. The lowest BCUT2D eigenvalue weighted by molar-refractivity contribution is 0.340. The summed E-state index contributed by atoms with van der Waals surface area (Å²) in [6.07, 6.45) is 0. The summed E-state index contributed by atoms with van der Waals surface area (Å²) in [4.78, 5) is 2.53. The summed E-state index contributed by atoms with van der Waals surface area (Å²) in [7, 11) is -6.00. The minimum atomic E-state index is -6.00. The molecule has 0 aliphatic carbocycles. The van der Waals surface area contributed by atoms with Gasteiger partial charge in [-0.05, 0) is 54.4 Å². The molecule has 0 amide bonds. The van der Waals surface area contributed by atoms with Crippen LogP contribution in [0.1, 0.15) is 6.92 Å². The van der Waals surface area contributed by atoms with Gasteiger partial charge in [0.2, 0.25) is 21.1 Å². The van der Waals surface area contributed by atoms with Crippen LogP contribution in [0.5, 0.6) is 5.75 Å². The summed E-state index contributed by atoms with van der Waals surface area (Å²) >= 11 is 1.82. The van der Waals surface area contributed by atoms with Crippen LogP contribution >= 0.6 is 11.3 Å². The number of benzene rings is 3. The Kier molecular flexibility index (Phi) is 8.00. The molecule has 4 rings (SSSR count). The number of hydrogen-bond donors (Lipinski definition) is 0. The maximum atomic E-state index is 9.75. The first-order valence-corrected chi connectivity index (χ1v) is 10.8. The Balaban J connectivity index is 0.000000523. The van der Waals surface area contributed by atoms with Gasteiger partial charge in [0.25, 0.3) is 0 Å². The molecule has 0 bridgehead atoms. The van der Waals surface area contributed by atoms with Gasteiger partial charge in [-0.2, -0.15) is 0 Å². The van der Waals surface area contributed by atoms with Gasteiger partial charge in [0.1, 0.15) is 5.75 Å². The average Bonchev–Trinajstić information content (AvgIpc) is 2.80. The van der Waals surface area contributed by atoms with Gasteiger partial charge in [-0.15, -0.1) is 0 Å². The van der Waals surface area contributed by atoms with Crippen LogP contribution in [0.15, 0.2) is 97.1 Å². The van der Waals surface area contributed by atoms with Gasteiger partial charge in [-0.1, -0.05) is 48.5 Å². The number of halogens is 4. The fraction of sp³-hybridized carbons (Fsp3) is 0.0800. The third kappa shape index (κ3) is 7.20. The van der Waals surface area contributed by atoms with Crippen molar-refractivity contribution in [3.05, 3.63) is 97.1 Å². The van der Waals surface area contributed by atoms with E-state index in [2.05, 4.69) is 84.9 Å². The van der Waals surface area contributed by atoms with Crippen molar-refractivity contribution in [2.24, 2.45) is 0 Å². The fourth-order valence-electron chi connectivity index (χ4n) is 3.07. The monoisotopic (exact) mass is 456 g/mol. The number of ether oxygens (including phenoxy) is 1. The molecule has 3 aromatic carbocycles. The quantitative estimate of drug-likeness (QED) is 0.166. The Labute approximate surface area is 189 Å². The highest BCUT2D eigenvalue weighted by Gasteiger charge is 2.21. The molecule has 1 nitrogen and oxygen atoms in total. The first-order chi connectivity index (χ1) is 15.3. The lowest BCUT2D eigenvalue weighted by Gasteiger charge is -2.06. The summed E-state index contributed by atoms with van der Waals surface area (Å²) in [5.74, 6) is 0.909. The van der Waals surface area contributed by atoms with E-state index in [1.807, 2.05) is 30.4 Å². The second kappa shape index (κ2) is 10.9. The summed E-state index contributed by atoms with van der Waals surface area (Å²) in [6, 6.07) is 34.1. The molecule has 7 heteroatoms. The van der Waals surface area contributed by atoms with Gasteiger partial charge in [0, 0.05) is 23.3 Å². The normalized spacial score (nSPS) is 10.8. The fourth-order valence-corrected chi connectivity index (χ4v) is 4.18. The minimum Gasteiger partial charge on any atom is -0.494 e. The molecule has 0 spiro atoms. The zero-order valence-electron chi connectivity index (χ0n) is 17.4. The molecule has 0 N–H and O–H groups in total. The highest BCUT2D eigenvalue weighted by atomic mass is 32.1. The zero-order valence-corrected chi connectivity index (χ0v) is 18.2. The van der Waals surface area contributed by atoms with Crippen molar-refractivity contribution in [1.29, 1.82) is 0 Å². The average molecular weight is 456 g/mol. The molecule has 32 heavy (non-hydrogen) atoms. The largest absolute Gasteiger partial charge is 0.673 e. The van der Waals surface area contributed by atoms with Crippen LogP contribution in [0, 0.1) is 0 Å². The van der Waals surface area contributed by atoms with E-state index < -0.39 is 7.25 Å². The summed E-state index contributed by atoms with van der Waals surface area (Å²) in [6.45, 7) is 2.69. The van der Waals surface area contributed by atoms with E-state index in [0.29, 0.717) is 6.61 Å². The molecule has 4 aromatic rings. The lowest BCUT2D eigenvalue weighted by atomic mass is 10.0. The van der Waals surface area contributed by atoms with E-state index >= 15 is 0 Å². The van der Waals surface area contributed by atoms with Crippen LogP contribution < -0.4 is 4.74 Å². The Morgan fingerprint density at radius 2 is 1.06 bits per heavy atom. The standard InChI is InChI=1S/C25H21OS.BF4/c1-2-26-23-15-13-19(14-16-23)22-17-24(20-9-5-3-6-10-20)27-25(18-22)21-11-7-4-8-12-21;2-1(3,4)5/h3-18H,2H2,1H3;/q+1;-1. The molecule has 0 radical (unpaired) electrons. The van der Waals surface area contributed by atoms with Crippen molar-refractivity contribution in [1.82, 2.24) is 0 Å². The number of rotatable bonds is 5. The molecule has 0 atom stereocenters.